The number of carbonyl (C=O) groups is 3. The lowest BCUT2D eigenvalue weighted by Crippen LogP contribution is -2.34. The van der Waals surface area contributed by atoms with E-state index < -0.39 is 32.5 Å². The second-order valence-corrected chi connectivity index (χ2v) is 9.11. The van der Waals surface area contributed by atoms with Crippen molar-refractivity contribution in [2.45, 2.75) is 22.6 Å². The summed E-state index contributed by atoms with van der Waals surface area (Å²) in [4.78, 5) is 35.0. The van der Waals surface area contributed by atoms with Gasteiger partial charge >= 0.3 is 5.97 Å². The number of hydrogen-bond donors (Lipinski definition) is 2. The summed E-state index contributed by atoms with van der Waals surface area (Å²) >= 11 is 0.908. The molecule has 1 heterocycles. The number of methoxy groups -OCH3 is 1. The van der Waals surface area contributed by atoms with E-state index in [0.29, 0.717) is 17.5 Å². The van der Waals surface area contributed by atoms with Crippen LogP contribution < -0.4 is 10.0 Å². The molecule has 1 saturated heterocycles. The van der Waals surface area contributed by atoms with E-state index in [2.05, 4.69) is 10.0 Å². The number of thioether (sulfide) groups is 1. The highest BCUT2D eigenvalue weighted by Crippen LogP contribution is 2.24. The number of carbonyl (C=O) groups excluding carboxylic acids is 3. The van der Waals surface area contributed by atoms with Crippen molar-refractivity contribution in [1.82, 2.24) is 10.0 Å². The highest BCUT2D eigenvalue weighted by Gasteiger charge is 2.32. The van der Waals surface area contributed by atoms with Crippen molar-refractivity contribution in [2.75, 3.05) is 7.11 Å². The van der Waals surface area contributed by atoms with Gasteiger partial charge in [0.15, 0.2) is 0 Å². The van der Waals surface area contributed by atoms with E-state index in [4.69, 9.17) is 4.74 Å². The van der Waals surface area contributed by atoms with Gasteiger partial charge in [0.1, 0.15) is 6.04 Å². The van der Waals surface area contributed by atoms with E-state index >= 15 is 0 Å². The summed E-state index contributed by atoms with van der Waals surface area (Å²) in [6, 6.07) is 13.1. The molecule has 0 radical (unpaired) electrons. The molecule has 0 spiro atoms. The minimum Gasteiger partial charge on any atom is -0.468 e. The third kappa shape index (κ3) is 5.03. The Labute approximate surface area is 172 Å². The molecule has 10 heteroatoms. The van der Waals surface area contributed by atoms with E-state index in [-0.39, 0.29) is 10.8 Å². The number of esters is 1. The fourth-order valence-corrected chi connectivity index (χ4v) is 4.82. The molecule has 152 valence electrons. The largest absolute Gasteiger partial charge is 0.468 e. The summed E-state index contributed by atoms with van der Waals surface area (Å²) in [5.74, 6) is -1.09. The number of ether oxygens (including phenoxy) is 1. The van der Waals surface area contributed by atoms with Gasteiger partial charge in [0.25, 0.3) is 5.24 Å². The fraction of sp³-hybridized carbons (Fsp3) is 0.211. The molecule has 2 aromatic rings. The normalized spacial score (nSPS) is 17.6. The minimum atomic E-state index is -4.02. The Balaban J connectivity index is 1.77. The summed E-state index contributed by atoms with van der Waals surface area (Å²) in [7, 11) is -2.83. The zero-order chi connectivity index (χ0) is 21.0. The van der Waals surface area contributed by atoms with Crippen LogP contribution in [0.1, 0.15) is 17.2 Å². The van der Waals surface area contributed by atoms with Crippen LogP contribution >= 0.6 is 11.8 Å². The topological polar surface area (TPSA) is 119 Å². The van der Waals surface area contributed by atoms with Crippen molar-refractivity contribution in [1.29, 1.82) is 0 Å². The first kappa shape index (κ1) is 21.0. The van der Waals surface area contributed by atoms with Crippen LogP contribution in [0.15, 0.2) is 59.5 Å². The van der Waals surface area contributed by atoms with E-state index in [1.165, 1.54) is 19.2 Å². The molecule has 0 aliphatic carbocycles. The molecule has 2 unspecified atom stereocenters. The quantitative estimate of drug-likeness (QED) is 0.638. The molecular formula is C19H18N2O6S2. The number of sulfonamides is 1. The standard InChI is InChI=1S/C19H18N2O6S2/c1-27-18(23)16(13-5-3-2-4-6-13)21-29(25,26)14-9-7-12(8-10-14)11-15-17(22)20-19(24)28-15/h2-10,15-16,21H,11H2,1H3,(H,20,22,24). The average molecular weight is 434 g/mol. The third-order valence-electron chi connectivity index (χ3n) is 4.26. The number of hydrogen-bond acceptors (Lipinski definition) is 7. The van der Waals surface area contributed by atoms with Crippen LogP contribution in [-0.4, -0.2) is 37.9 Å². The van der Waals surface area contributed by atoms with Crippen molar-refractivity contribution in [3.8, 4) is 0 Å². The Morgan fingerprint density at radius 2 is 1.79 bits per heavy atom. The van der Waals surface area contributed by atoms with E-state index in [9.17, 15) is 22.8 Å². The predicted octanol–water partition coefficient (Wildman–Crippen LogP) is 1.77. The highest BCUT2D eigenvalue weighted by molar-refractivity contribution is 8.15. The fourth-order valence-electron chi connectivity index (χ4n) is 2.79. The maximum Gasteiger partial charge on any atom is 0.328 e. The molecule has 0 aromatic heterocycles. The summed E-state index contributed by atoms with van der Waals surface area (Å²) in [5, 5.41) is 1.28. The first-order chi connectivity index (χ1) is 13.8. The van der Waals surface area contributed by atoms with Crippen molar-refractivity contribution < 1.29 is 27.5 Å². The Morgan fingerprint density at radius 1 is 1.14 bits per heavy atom. The lowest BCUT2D eigenvalue weighted by molar-refractivity contribution is -0.142. The zero-order valence-corrected chi connectivity index (χ0v) is 17.0. The first-order valence-electron chi connectivity index (χ1n) is 8.55. The molecule has 0 bridgehead atoms. The second kappa shape index (κ2) is 8.76. The Hall–Kier alpha value is -2.69. The molecule has 2 N–H and O–H groups in total. The lowest BCUT2D eigenvalue weighted by atomic mass is 10.1. The van der Waals surface area contributed by atoms with E-state index in [0.717, 1.165) is 11.8 Å². The summed E-state index contributed by atoms with van der Waals surface area (Å²) in [6.45, 7) is 0. The number of rotatable bonds is 7. The monoisotopic (exact) mass is 434 g/mol. The van der Waals surface area contributed by atoms with Crippen LogP contribution in [0.2, 0.25) is 0 Å². The molecule has 1 aliphatic heterocycles. The van der Waals surface area contributed by atoms with Crippen LogP contribution in [0.25, 0.3) is 0 Å². The molecule has 2 amide bonds. The van der Waals surface area contributed by atoms with Gasteiger partial charge in [-0.1, -0.05) is 54.2 Å². The third-order valence-corrected chi connectivity index (χ3v) is 6.68. The molecule has 8 nitrogen and oxygen atoms in total. The number of nitrogens with one attached hydrogen (secondary N) is 2. The molecule has 2 atom stereocenters. The Kier molecular flexibility index (Phi) is 6.36. The zero-order valence-electron chi connectivity index (χ0n) is 15.3. The van der Waals surface area contributed by atoms with E-state index in [1.54, 1.807) is 42.5 Å². The lowest BCUT2D eigenvalue weighted by Gasteiger charge is -2.17. The molecular weight excluding hydrogens is 416 g/mol. The average Bonchev–Trinajstić information content (AvgIpc) is 3.03. The van der Waals surface area contributed by atoms with Crippen LogP contribution in [0, 0.1) is 0 Å². The highest BCUT2D eigenvalue weighted by atomic mass is 32.2. The van der Waals surface area contributed by atoms with Crippen LogP contribution in [-0.2, 0) is 30.8 Å². The van der Waals surface area contributed by atoms with Gasteiger partial charge in [-0.2, -0.15) is 4.72 Å². The number of imide groups is 1. The Morgan fingerprint density at radius 3 is 2.34 bits per heavy atom. The second-order valence-electron chi connectivity index (χ2n) is 6.22. The SMILES string of the molecule is COC(=O)C(NS(=O)(=O)c1ccc(CC2SC(=O)NC2=O)cc1)c1ccccc1. The minimum absolute atomic E-state index is 0.0364. The van der Waals surface area contributed by atoms with Crippen molar-refractivity contribution >= 4 is 38.9 Å². The summed E-state index contributed by atoms with van der Waals surface area (Å²) < 4.78 is 32.6. The van der Waals surface area contributed by atoms with Crippen LogP contribution in [0.5, 0.6) is 0 Å². The van der Waals surface area contributed by atoms with Crippen LogP contribution in [0.3, 0.4) is 0 Å². The van der Waals surface area contributed by atoms with Gasteiger partial charge in [-0.25, -0.2) is 13.2 Å². The first-order valence-corrected chi connectivity index (χ1v) is 10.9. The van der Waals surface area contributed by atoms with Gasteiger partial charge in [0.2, 0.25) is 15.9 Å². The van der Waals surface area contributed by atoms with E-state index in [1.807, 2.05) is 0 Å². The maximum atomic E-state index is 12.8. The van der Waals surface area contributed by atoms with Gasteiger partial charge in [-0.3, -0.25) is 14.9 Å². The molecule has 29 heavy (non-hydrogen) atoms. The summed E-state index contributed by atoms with van der Waals surface area (Å²) in [6.07, 6.45) is 0.296. The van der Waals surface area contributed by atoms with Gasteiger partial charge in [0.05, 0.1) is 17.3 Å². The predicted molar refractivity (Wildman–Crippen MR) is 107 cm³/mol. The van der Waals surface area contributed by atoms with Crippen molar-refractivity contribution in [2.24, 2.45) is 0 Å². The van der Waals surface area contributed by atoms with Gasteiger partial charge < -0.3 is 4.74 Å². The van der Waals surface area contributed by atoms with Crippen molar-refractivity contribution in [3.63, 3.8) is 0 Å². The summed E-state index contributed by atoms with van der Waals surface area (Å²) in [5.41, 5.74) is 1.16. The molecule has 3 rings (SSSR count). The smallest absolute Gasteiger partial charge is 0.328 e. The molecule has 2 aromatic carbocycles. The van der Waals surface area contributed by atoms with Gasteiger partial charge in [0, 0.05) is 0 Å². The molecule has 1 aliphatic rings. The Bertz CT molecular complexity index is 1020. The number of benzene rings is 2. The molecule has 0 saturated carbocycles. The van der Waals surface area contributed by atoms with Crippen LogP contribution in [0.4, 0.5) is 4.79 Å². The number of amides is 2. The maximum absolute atomic E-state index is 12.8. The van der Waals surface area contributed by atoms with Crippen molar-refractivity contribution in [3.05, 3.63) is 65.7 Å². The van der Waals surface area contributed by atoms with Gasteiger partial charge in [-0.15, -0.1) is 0 Å². The van der Waals surface area contributed by atoms with Gasteiger partial charge in [-0.05, 0) is 29.7 Å². The molecule has 1 fully saturated rings.